The number of fused-ring (bicyclic) bond motifs is 4. The zero-order chi connectivity index (χ0) is 16.8. The zero-order valence-electron chi connectivity index (χ0n) is 13.8. The predicted octanol–water partition coefficient (Wildman–Crippen LogP) is 1.67. The number of aromatic nitrogens is 3. The minimum atomic E-state index is 0.0386. The molecule has 130 valence electrons. The summed E-state index contributed by atoms with van der Waals surface area (Å²) in [5, 5.41) is 1.83. The maximum absolute atomic E-state index is 12.9. The largest absolute Gasteiger partial charge is 0.378 e. The van der Waals surface area contributed by atoms with E-state index in [0.29, 0.717) is 5.69 Å². The van der Waals surface area contributed by atoms with Crippen molar-refractivity contribution in [3.05, 3.63) is 34.0 Å². The molecule has 5 rings (SSSR count). The molecule has 2 bridgehead atoms. The average molecular weight is 357 g/mol. The second kappa shape index (κ2) is 6.03. The Morgan fingerprint density at radius 2 is 2.12 bits per heavy atom. The molecule has 2 atom stereocenters. The molecule has 25 heavy (non-hydrogen) atoms. The van der Waals surface area contributed by atoms with E-state index in [4.69, 9.17) is 9.72 Å². The van der Waals surface area contributed by atoms with Crippen LogP contribution in [-0.4, -0.2) is 58.1 Å². The highest BCUT2D eigenvalue weighted by molar-refractivity contribution is 7.07. The Labute approximate surface area is 149 Å². The fraction of sp³-hybridized carbons (Fsp3) is 0.529. The smallest absolute Gasteiger partial charge is 0.274 e. The Kier molecular flexibility index (Phi) is 3.67. The Morgan fingerprint density at radius 3 is 2.92 bits per heavy atom. The quantitative estimate of drug-likeness (QED) is 0.814. The van der Waals surface area contributed by atoms with Gasteiger partial charge in [-0.3, -0.25) is 4.79 Å². The molecule has 3 aliphatic heterocycles. The van der Waals surface area contributed by atoms with Crippen LogP contribution in [0.25, 0.3) is 0 Å². The van der Waals surface area contributed by atoms with Gasteiger partial charge in [0.1, 0.15) is 5.69 Å². The molecule has 7 nitrogen and oxygen atoms in total. The third kappa shape index (κ3) is 2.51. The fourth-order valence-electron chi connectivity index (χ4n) is 4.14. The van der Waals surface area contributed by atoms with Gasteiger partial charge in [0.15, 0.2) is 0 Å². The van der Waals surface area contributed by atoms with Crippen molar-refractivity contribution in [2.45, 2.75) is 31.3 Å². The summed E-state index contributed by atoms with van der Waals surface area (Å²) < 4.78 is 5.41. The van der Waals surface area contributed by atoms with Crippen LogP contribution in [0.4, 0.5) is 5.95 Å². The molecular formula is C17H19N5O2S. The monoisotopic (exact) mass is 357 g/mol. The number of nitrogens with zero attached hydrogens (tertiary/aromatic N) is 5. The number of morpholine rings is 1. The van der Waals surface area contributed by atoms with Crippen LogP contribution < -0.4 is 4.90 Å². The van der Waals surface area contributed by atoms with E-state index in [1.54, 1.807) is 5.51 Å². The van der Waals surface area contributed by atoms with Crippen molar-refractivity contribution >= 4 is 23.2 Å². The predicted molar refractivity (Wildman–Crippen MR) is 92.8 cm³/mol. The minimum Gasteiger partial charge on any atom is -0.378 e. The molecular weight excluding hydrogens is 338 g/mol. The molecule has 2 fully saturated rings. The van der Waals surface area contributed by atoms with Crippen LogP contribution in [0.1, 0.15) is 40.6 Å². The van der Waals surface area contributed by atoms with Gasteiger partial charge in [0.2, 0.25) is 5.95 Å². The molecule has 2 saturated heterocycles. The number of anilines is 1. The van der Waals surface area contributed by atoms with Crippen molar-refractivity contribution in [2.24, 2.45) is 0 Å². The van der Waals surface area contributed by atoms with Crippen LogP contribution in [0.3, 0.4) is 0 Å². The molecule has 1 amide bonds. The van der Waals surface area contributed by atoms with Crippen LogP contribution >= 0.6 is 11.3 Å². The van der Waals surface area contributed by atoms with Crippen LogP contribution in [0.15, 0.2) is 17.1 Å². The molecule has 2 aromatic rings. The summed E-state index contributed by atoms with van der Waals surface area (Å²) in [5.41, 5.74) is 4.47. The highest BCUT2D eigenvalue weighted by atomic mass is 32.1. The van der Waals surface area contributed by atoms with Crippen molar-refractivity contribution in [1.82, 2.24) is 19.9 Å². The van der Waals surface area contributed by atoms with Crippen molar-refractivity contribution in [3.8, 4) is 0 Å². The van der Waals surface area contributed by atoms with E-state index in [9.17, 15) is 4.79 Å². The Hall–Kier alpha value is -2.06. The fourth-order valence-corrected chi connectivity index (χ4v) is 4.67. The maximum Gasteiger partial charge on any atom is 0.274 e. The van der Waals surface area contributed by atoms with Gasteiger partial charge in [-0.1, -0.05) is 0 Å². The number of carbonyl (C=O) groups excluding carboxylic acids is 1. The first-order valence-corrected chi connectivity index (χ1v) is 9.65. The minimum absolute atomic E-state index is 0.0386. The second-order valence-corrected chi connectivity index (χ2v) is 7.43. The number of amides is 1. The molecule has 0 aliphatic carbocycles. The molecule has 2 aromatic heterocycles. The summed E-state index contributed by atoms with van der Waals surface area (Å²) in [6.45, 7) is 3.11. The summed E-state index contributed by atoms with van der Waals surface area (Å²) in [6.07, 6.45) is 4.74. The van der Waals surface area contributed by atoms with Crippen molar-refractivity contribution in [2.75, 3.05) is 31.2 Å². The average Bonchev–Trinajstić information content (AvgIpc) is 3.29. The highest BCUT2D eigenvalue weighted by Gasteiger charge is 2.44. The van der Waals surface area contributed by atoms with E-state index in [2.05, 4.69) is 14.9 Å². The summed E-state index contributed by atoms with van der Waals surface area (Å²) in [6, 6.07) is 0.306. The lowest BCUT2D eigenvalue weighted by Gasteiger charge is -2.36. The number of carbonyl (C=O) groups is 1. The third-order valence-electron chi connectivity index (χ3n) is 5.36. The first-order chi connectivity index (χ1) is 12.3. The first-order valence-electron chi connectivity index (χ1n) is 8.70. The lowest BCUT2D eigenvalue weighted by atomic mass is 9.99. The van der Waals surface area contributed by atoms with E-state index >= 15 is 0 Å². The molecule has 0 spiro atoms. The van der Waals surface area contributed by atoms with Crippen molar-refractivity contribution < 1.29 is 9.53 Å². The van der Waals surface area contributed by atoms with Gasteiger partial charge in [0, 0.05) is 42.7 Å². The van der Waals surface area contributed by atoms with Crippen LogP contribution in [0.2, 0.25) is 0 Å². The third-order valence-corrected chi connectivity index (χ3v) is 5.94. The first kappa shape index (κ1) is 15.2. The molecule has 0 radical (unpaired) electrons. The Morgan fingerprint density at radius 1 is 1.24 bits per heavy atom. The summed E-state index contributed by atoms with van der Waals surface area (Å²) in [7, 11) is 0. The van der Waals surface area contributed by atoms with Crippen molar-refractivity contribution in [1.29, 1.82) is 0 Å². The molecule has 0 unspecified atom stereocenters. The van der Waals surface area contributed by atoms with Gasteiger partial charge in [-0.05, 0) is 12.8 Å². The summed E-state index contributed by atoms with van der Waals surface area (Å²) in [5.74, 6) is 0.831. The van der Waals surface area contributed by atoms with E-state index in [1.807, 2.05) is 16.5 Å². The van der Waals surface area contributed by atoms with Crippen LogP contribution in [0, 0.1) is 0 Å². The van der Waals surface area contributed by atoms with E-state index < -0.39 is 0 Å². The number of ether oxygens (including phenoxy) is 1. The van der Waals surface area contributed by atoms with E-state index in [-0.39, 0.29) is 18.0 Å². The lowest BCUT2D eigenvalue weighted by Crippen LogP contribution is -2.43. The van der Waals surface area contributed by atoms with Gasteiger partial charge in [-0.25, -0.2) is 15.0 Å². The number of hydrogen-bond donors (Lipinski definition) is 0. The maximum atomic E-state index is 12.9. The van der Waals surface area contributed by atoms with Gasteiger partial charge >= 0.3 is 0 Å². The van der Waals surface area contributed by atoms with Gasteiger partial charge in [0.05, 0.1) is 30.5 Å². The molecule has 8 heteroatoms. The lowest BCUT2D eigenvalue weighted by molar-refractivity contribution is 0.0638. The summed E-state index contributed by atoms with van der Waals surface area (Å²) in [4.78, 5) is 30.7. The Balaban J connectivity index is 1.45. The molecule has 5 heterocycles. The van der Waals surface area contributed by atoms with Crippen LogP contribution in [0.5, 0.6) is 0 Å². The Bertz CT molecular complexity index is 790. The second-order valence-electron chi connectivity index (χ2n) is 6.71. The highest BCUT2D eigenvalue weighted by Crippen LogP contribution is 2.43. The van der Waals surface area contributed by atoms with Gasteiger partial charge < -0.3 is 14.5 Å². The van der Waals surface area contributed by atoms with E-state index in [0.717, 1.165) is 62.8 Å². The van der Waals surface area contributed by atoms with Crippen LogP contribution in [-0.2, 0) is 11.2 Å². The van der Waals surface area contributed by atoms with E-state index in [1.165, 1.54) is 11.3 Å². The van der Waals surface area contributed by atoms with Gasteiger partial charge in [0.25, 0.3) is 5.91 Å². The number of rotatable bonds is 2. The normalized spacial score (nSPS) is 25.1. The molecule has 0 N–H and O–H groups in total. The molecule has 0 aromatic carbocycles. The van der Waals surface area contributed by atoms with Gasteiger partial charge in [-0.2, -0.15) is 0 Å². The topological polar surface area (TPSA) is 71.5 Å². The number of hydrogen-bond acceptors (Lipinski definition) is 7. The summed E-state index contributed by atoms with van der Waals surface area (Å²) >= 11 is 1.46. The SMILES string of the molecule is O=C(c1cscn1)N1[C@@H]2CC[C@@H]1c1cnc(N3CCOCC3)nc1C2. The van der Waals surface area contributed by atoms with Gasteiger partial charge in [-0.15, -0.1) is 11.3 Å². The number of thiazole rings is 1. The standard InChI is InChI=1S/C17H19N5O2S/c23-16(14-9-25-10-19-14)22-11-1-2-15(22)12-8-18-17(20-13(12)7-11)21-3-5-24-6-4-21/h8-11,15H,1-7H2/t11-,15-/m1/s1. The zero-order valence-corrected chi connectivity index (χ0v) is 14.6. The molecule has 3 aliphatic rings. The molecule has 0 saturated carbocycles. The van der Waals surface area contributed by atoms with Crippen molar-refractivity contribution in [3.63, 3.8) is 0 Å².